The van der Waals surface area contributed by atoms with Gasteiger partial charge in [0.1, 0.15) is 5.75 Å². The van der Waals surface area contributed by atoms with E-state index in [1.807, 2.05) is 20.8 Å². The van der Waals surface area contributed by atoms with Crippen LogP contribution in [-0.2, 0) is 11.6 Å². The monoisotopic (exact) mass is 269 g/mol. The first-order valence-electron chi connectivity index (χ1n) is 5.80. The zero-order valence-electron chi connectivity index (χ0n) is 10.8. The molecule has 2 nitrogen and oxygen atoms in total. The highest BCUT2D eigenvalue weighted by atomic mass is 19.4. The minimum absolute atomic E-state index is 0.0840. The van der Waals surface area contributed by atoms with Crippen LogP contribution >= 0.6 is 0 Å². The third-order valence-corrected chi connectivity index (χ3v) is 2.93. The molecular weight excluding hydrogens is 255 g/mol. The van der Waals surface area contributed by atoms with E-state index in [1.165, 1.54) is 12.3 Å². The lowest BCUT2D eigenvalue weighted by atomic mass is 9.84. The average molecular weight is 269 g/mol. The number of aromatic nitrogens is 1. The fourth-order valence-corrected chi connectivity index (χ4v) is 2.15. The van der Waals surface area contributed by atoms with Crippen molar-refractivity contribution in [2.75, 3.05) is 0 Å². The van der Waals surface area contributed by atoms with E-state index in [0.29, 0.717) is 16.5 Å². The van der Waals surface area contributed by atoms with Crippen molar-refractivity contribution in [3.63, 3.8) is 0 Å². The van der Waals surface area contributed by atoms with Crippen molar-refractivity contribution in [2.45, 2.75) is 32.4 Å². The molecule has 0 saturated heterocycles. The van der Waals surface area contributed by atoms with Crippen molar-refractivity contribution < 1.29 is 18.3 Å². The van der Waals surface area contributed by atoms with Crippen LogP contribution in [0.4, 0.5) is 13.2 Å². The molecule has 0 amide bonds. The van der Waals surface area contributed by atoms with Gasteiger partial charge in [-0.3, -0.25) is 4.98 Å². The second-order valence-electron chi connectivity index (χ2n) is 5.50. The minimum Gasteiger partial charge on any atom is -0.506 e. The Morgan fingerprint density at radius 3 is 2.26 bits per heavy atom. The van der Waals surface area contributed by atoms with Crippen LogP contribution < -0.4 is 0 Å². The maximum Gasteiger partial charge on any atom is 0.416 e. The number of pyridine rings is 1. The summed E-state index contributed by atoms with van der Waals surface area (Å²) in [6, 6.07) is 3.37. The molecule has 2 aromatic rings. The number of hydrogen-bond donors (Lipinski definition) is 1. The number of nitrogens with zero attached hydrogens (tertiary/aromatic N) is 1. The van der Waals surface area contributed by atoms with Crippen molar-refractivity contribution in [3.05, 3.63) is 35.5 Å². The van der Waals surface area contributed by atoms with Crippen LogP contribution in [0.25, 0.3) is 10.9 Å². The molecule has 0 aliphatic carbocycles. The first-order valence-corrected chi connectivity index (χ1v) is 5.80. The van der Waals surface area contributed by atoms with E-state index < -0.39 is 17.2 Å². The van der Waals surface area contributed by atoms with Gasteiger partial charge in [-0.25, -0.2) is 0 Å². The molecule has 1 heterocycles. The normalized spacial score (nSPS) is 12.9. The zero-order valence-corrected chi connectivity index (χ0v) is 10.8. The van der Waals surface area contributed by atoms with Gasteiger partial charge in [-0.05, 0) is 23.6 Å². The van der Waals surface area contributed by atoms with Crippen LogP contribution in [0.2, 0.25) is 0 Å². The minimum atomic E-state index is -4.41. The smallest absolute Gasteiger partial charge is 0.416 e. The largest absolute Gasteiger partial charge is 0.506 e. The Morgan fingerprint density at radius 2 is 1.74 bits per heavy atom. The molecule has 0 spiro atoms. The Bertz CT molecular complexity index is 627. The van der Waals surface area contributed by atoms with Crippen LogP contribution in [0.1, 0.15) is 31.9 Å². The van der Waals surface area contributed by atoms with Gasteiger partial charge in [-0.1, -0.05) is 20.8 Å². The van der Waals surface area contributed by atoms with E-state index >= 15 is 0 Å². The van der Waals surface area contributed by atoms with E-state index in [2.05, 4.69) is 4.98 Å². The van der Waals surface area contributed by atoms with Gasteiger partial charge in [-0.15, -0.1) is 0 Å². The fourth-order valence-electron chi connectivity index (χ4n) is 2.15. The number of halogens is 3. The van der Waals surface area contributed by atoms with E-state index in [1.54, 1.807) is 0 Å². The number of benzene rings is 1. The maximum absolute atomic E-state index is 12.8. The van der Waals surface area contributed by atoms with Gasteiger partial charge in [-0.2, -0.15) is 13.2 Å². The van der Waals surface area contributed by atoms with Crippen LogP contribution in [0.15, 0.2) is 24.4 Å². The quantitative estimate of drug-likeness (QED) is 0.775. The summed E-state index contributed by atoms with van der Waals surface area (Å²) >= 11 is 0. The summed E-state index contributed by atoms with van der Waals surface area (Å²) in [6.07, 6.45) is -3.13. The molecule has 0 atom stereocenters. The molecule has 0 saturated carbocycles. The lowest BCUT2D eigenvalue weighted by molar-refractivity contribution is -0.137. The molecule has 0 aliphatic rings. The van der Waals surface area contributed by atoms with Gasteiger partial charge in [0, 0.05) is 10.9 Å². The Morgan fingerprint density at radius 1 is 1.11 bits per heavy atom. The molecule has 0 aliphatic heterocycles. The summed E-state index contributed by atoms with van der Waals surface area (Å²) in [6.45, 7) is 5.51. The Balaban J connectivity index is 2.83. The molecule has 1 aromatic carbocycles. The molecule has 1 N–H and O–H groups in total. The number of aromatic hydroxyl groups is 1. The van der Waals surface area contributed by atoms with Gasteiger partial charge in [0.15, 0.2) is 0 Å². The molecule has 2 rings (SSSR count). The van der Waals surface area contributed by atoms with Gasteiger partial charge in [0.25, 0.3) is 0 Å². The summed E-state index contributed by atoms with van der Waals surface area (Å²) in [4.78, 5) is 3.96. The second kappa shape index (κ2) is 4.11. The van der Waals surface area contributed by atoms with Crippen LogP contribution in [0.5, 0.6) is 5.75 Å². The van der Waals surface area contributed by atoms with Gasteiger partial charge >= 0.3 is 6.18 Å². The Labute approximate surface area is 108 Å². The topological polar surface area (TPSA) is 33.1 Å². The molecule has 0 bridgehead atoms. The van der Waals surface area contributed by atoms with E-state index in [-0.39, 0.29) is 5.75 Å². The molecule has 19 heavy (non-hydrogen) atoms. The first kappa shape index (κ1) is 13.6. The molecule has 102 valence electrons. The van der Waals surface area contributed by atoms with Crippen molar-refractivity contribution >= 4 is 10.9 Å². The molecular formula is C14H14F3NO. The lowest BCUT2D eigenvalue weighted by Gasteiger charge is -2.22. The van der Waals surface area contributed by atoms with Gasteiger partial charge < -0.3 is 5.11 Å². The fraction of sp³-hybridized carbons (Fsp3) is 0.357. The zero-order chi connectivity index (χ0) is 14.4. The second-order valence-corrected chi connectivity index (χ2v) is 5.50. The highest BCUT2D eigenvalue weighted by Gasteiger charge is 2.31. The van der Waals surface area contributed by atoms with Crippen molar-refractivity contribution in [1.82, 2.24) is 4.98 Å². The number of fused-ring (bicyclic) bond motifs is 1. The summed E-state index contributed by atoms with van der Waals surface area (Å²) < 4.78 is 38.3. The first-order chi connectivity index (χ1) is 8.60. The number of rotatable bonds is 0. The van der Waals surface area contributed by atoms with E-state index in [0.717, 1.165) is 12.1 Å². The molecule has 0 fully saturated rings. The maximum atomic E-state index is 12.8. The summed E-state index contributed by atoms with van der Waals surface area (Å²) in [7, 11) is 0. The predicted octanol–water partition coefficient (Wildman–Crippen LogP) is 4.26. The van der Waals surface area contributed by atoms with Crippen LogP contribution in [0.3, 0.4) is 0 Å². The van der Waals surface area contributed by atoms with Gasteiger partial charge in [0.05, 0.1) is 17.3 Å². The van der Waals surface area contributed by atoms with Gasteiger partial charge in [0.2, 0.25) is 0 Å². The third-order valence-electron chi connectivity index (χ3n) is 2.93. The van der Waals surface area contributed by atoms with Crippen LogP contribution in [0, 0.1) is 0 Å². The predicted molar refractivity (Wildman–Crippen MR) is 67.1 cm³/mol. The molecule has 0 radical (unpaired) electrons. The SMILES string of the molecule is CC(C)(C)c1c(O)cnc2ccc(C(F)(F)F)cc12. The van der Waals surface area contributed by atoms with E-state index in [9.17, 15) is 18.3 Å². The number of alkyl halides is 3. The molecule has 1 aromatic heterocycles. The van der Waals surface area contributed by atoms with E-state index in [4.69, 9.17) is 0 Å². The Hall–Kier alpha value is -1.78. The highest BCUT2D eigenvalue weighted by Crippen LogP contribution is 2.38. The highest BCUT2D eigenvalue weighted by molar-refractivity contribution is 5.85. The molecule has 5 heteroatoms. The Kier molecular flexibility index (Phi) is 2.96. The standard InChI is InChI=1S/C14H14F3NO/c1-13(2,3)12-9-6-8(14(15,16)17)4-5-10(9)18-7-11(12)19/h4-7,19H,1-3H3. The van der Waals surface area contributed by atoms with Crippen molar-refractivity contribution in [2.24, 2.45) is 0 Å². The van der Waals surface area contributed by atoms with Crippen molar-refractivity contribution in [3.8, 4) is 5.75 Å². The third kappa shape index (κ3) is 2.50. The van der Waals surface area contributed by atoms with Crippen molar-refractivity contribution in [1.29, 1.82) is 0 Å². The molecule has 0 unspecified atom stereocenters. The number of hydrogen-bond acceptors (Lipinski definition) is 2. The van der Waals surface area contributed by atoms with Crippen LogP contribution in [-0.4, -0.2) is 10.1 Å². The average Bonchev–Trinajstić information content (AvgIpc) is 2.24. The summed E-state index contributed by atoms with van der Waals surface area (Å²) in [5, 5.41) is 10.2. The lowest BCUT2D eigenvalue weighted by Crippen LogP contribution is -2.13. The summed E-state index contributed by atoms with van der Waals surface area (Å²) in [5.41, 5.74) is -0.299. The summed E-state index contributed by atoms with van der Waals surface area (Å²) in [5.74, 6) is -0.0840.